The maximum absolute atomic E-state index is 12.9. The van der Waals surface area contributed by atoms with Crippen molar-refractivity contribution < 1.29 is 14.3 Å². The fraction of sp³-hybridized carbons (Fsp3) is 0.667. The van der Waals surface area contributed by atoms with E-state index in [0.717, 1.165) is 65.0 Å². The second-order valence-corrected chi connectivity index (χ2v) is 8.04. The summed E-state index contributed by atoms with van der Waals surface area (Å²) < 4.78 is 5.37. The second kappa shape index (κ2) is 9.01. The maximum atomic E-state index is 12.9. The van der Waals surface area contributed by atoms with Gasteiger partial charge in [-0.25, -0.2) is 0 Å². The highest BCUT2D eigenvalue weighted by Gasteiger charge is 2.34. The van der Waals surface area contributed by atoms with Crippen LogP contribution in [0.4, 0.5) is 0 Å². The Morgan fingerprint density at radius 3 is 2.50 bits per heavy atom. The number of morpholine rings is 1. The van der Waals surface area contributed by atoms with Crippen LogP contribution in [0.15, 0.2) is 24.5 Å². The summed E-state index contributed by atoms with van der Waals surface area (Å²) in [6.45, 7) is 6.24. The van der Waals surface area contributed by atoms with Crippen molar-refractivity contribution in [3.8, 4) is 0 Å². The molecule has 4 heterocycles. The third-order valence-electron chi connectivity index (χ3n) is 6.30. The molecule has 7 heteroatoms. The molecule has 152 valence electrons. The first-order chi connectivity index (χ1) is 13.7. The summed E-state index contributed by atoms with van der Waals surface area (Å²) in [6.07, 6.45) is 7.35. The number of hydrogen-bond donors (Lipinski definition) is 0. The minimum absolute atomic E-state index is 0.0746. The predicted octanol–water partition coefficient (Wildman–Crippen LogP) is 1.26. The van der Waals surface area contributed by atoms with Crippen LogP contribution in [0.2, 0.25) is 0 Å². The monoisotopic (exact) mass is 386 g/mol. The minimum Gasteiger partial charge on any atom is -0.378 e. The van der Waals surface area contributed by atoms with E-state index in [1.165, 1.54) is 0 Å². The zero-order valence-corrected chi connectivity index (χ0v) is 16.5. The van der Waals surface area contributed by atoms with Crippen molar-refractivity contribution in [2.24, 2.45) is 5.92 Å². The lowest BCUT2D eigenvalue weighted by Gasteiger charge is -2.43. The molecule has 7 nitrogen and oxygen atoms in total. The minimum atomic E-state index is 0.0746. The van der Waals surface area contributed by atoms with Crippen LogP contribution in [0.1, 0.15) is 36.0 Å². The number of likely N-dealkylation sites (tertiary alicyclic amines) is 2. The first-order valence-electron chi connectivity index (χ1n) is 10.5. The van der Waals surface area contributed by atoms with Crippen LogP contribution < -0.4 is 0 Å². The molecule has 1 aromatic heterocycles. The van der Waals surface area contributed by atoms with E-state index >= 15 is 0 Å². The molecule has 0 aliphatic carbocycles. The standard InChI is InChI=1S/C21H30N4O3/c26-20(17-3-1-7-22-15-17)23-9-5-19(6-10-23)25-8-2-4-18(16-25)21(27)24-11-13-28-14-12-24/h1,3,7,15,18-19H,2,4-6,8-14,16H2/t18-/m1/s1. The molecule has 28 heavy (non-hydrogen) atoms. The Kier molecular flexibility index (Phi) is 6.22. The van der Waals surface area contributed by atoms with Gasteiger partial charge in [0.1, 0.15) is 0 Å². The predicted molar refractivity (Wildman–Crippen MR) is 105 cm³/mol. The molecule has 4 rings (SSSR count). The highest BCUT2D eigenvalue weighted by molar-refractivity contribution is 5.93. The fourth-order valence-corrected chi connectivity index (χ4v) is 4.69. The van der Waals surface area contributed by atoms with Crippen LogP contribution in [-0.4, -0.2) is 90.0 Å². The fourth-order valence-electron chi connectivity index (χ4n) is 4.69. The number of nitrogens with zero attached hydrogens (tertiary/aromatic N) is 4. The van der Waals surface area contributed by atoms with Crippen LogP contribution in [0.5, 0.6) is 0 Å². The van der Waals surface area contributed by atoms with Gasteiger partial charge < -0.3 is 14.5 Å². The van der Waals surface area contributed by atoms with Crippen LogP contribution in [0.3, 0.4) is 0 Å². The van der Waals surface area contributed by atoms with E-state index in [2.05, 4.69) is 9.88 Å². The molecule has 0 radical (unpaired) electrons. The van der Waals surface area contributed by atoms with Gasteiger partial charge >= 0.3 is 0 Å². The van der Waals surface area contributed by atoms with Crippen molar-refractivity contribution in [2.75, 3.05) is 52.5 Å². The molecule has 3 saturated heterocycles. The van der Waals surface area contributed by atoms with Gasteiger partial charge in [-0.3, -0.25) is 19.5 Å². The molecule has 0 bridgehead atoms. The van der Waals surface area contributed by atoms with E-state index in [-0.39, 0.29) is 11.8 Å². The van der Waals surface area contributed by atoms with Crippen molar-refractivity contribution in [1.29, 1.82) is 0 Å². The molecule has 3 fully saturated rings. The Labute approximate surface area is 166 Å². The summed E-state index contributed by atoms with van der Waals surface area (Å²) in [7, 11) is 0. The molecule has 0 aromatic carbocycles. The SMILES string of the molecule is O=C(c1cccnc1)N1CCC(N2CCC[C@@H](C(=O)N3CCOCC3)C2)CC1. The molecule has 0 saturated carbocycles. The van der Waals surface area contributed by atoms with E-state index in [0.29, 0.717) is 30.7 Å². The maximum Gasteiger partial charge on any atom is 0.255 e. The number of aromatic nitrogens is 1. The molecule has 2 amide bonds. The van der Waals surface area contributed by atoms with E-state index in [1.807, 2.05) is 15.9 Å². The lowest BCUT2D eigenvalue weighted by atomic mass is 9.92. The Morgan fingerprint density at radius 1 is 1.00 bits per heavy atom. The quantitative estimate of drug-likeness (QED) is 0.782. The Balaban J connectivity index is 1.29. The number of amides is 2. The number of pyridine rings is 1. The number of ether oxygens (including phenoxy) is 1. The van der Waals surface area contributed by atoms with Gasteiger partial charge in [0.05, 0.1) is 24.7 Å². The van der Waals surface area contributed by atoms with Crippen LogP contribution in [0, 0.1) is 5.92 Å². The number of rotatable bonds is 3. The first kappa shape index (κ1) is 19.3. The number of carbonyl (C=O) groups excluding carboxylic acids is 2. The summed E-state index contributed by atoms with van der Waals surface area (Å²) in [5, 5.41) is 0. The molecule has 3 aliphatic heterocycles. The van der Waals surface area contributed by atoms with Gasteiger partial charge in [0.2, 0.25) is 5.91 Å². The van der Waals surface area contributed by atoms with Crippen molar-refractivity contribution in [1.82, 2.24) is 19.7 Å². The van der Waals surface area contributed by atoms with Gasteiger partial charge in [0.25, 0.3) is 5.91 Å². The van der Waals surface area contributed by atoms with E-state index in [9.17, 15) is 9.59 Å². The van der Waals surface area contributed by atoms with E-state index in [4.69, 9.17) is 4.74 Å². The number of hydrogen-bond acceptors (Lipinski definition) is 5. The smallest absolute Gasteiger partial charge is 0.255 e. The molecular weight excluding hydrogens is 356 g/mol. The van der Waals surface area contributed by atoms with Crippen molar-refractivity contribution >= 4 is 11.8 Å². The van der Waals surface area contributed by atoms with Gasteiger partial charge in [0.15, 0.2) is 0 Å². The topological polar surface area (TPSA) is 66.0 Å². The Morgan fingerprint density at radius 2 is 1.79 bits per heavy atom. The normalized spacial score (nSPS) is 24.9. The highest BCUT2D eigenvalue weighted by atomic mass is 16.5. The third kappa shape index (κ3) is 4.36. The van der Waals surface area contributed by atoms with Crippen molar-refractivity contribution in [2.45, 2.75) is 31.7 Å². The highest BCUT2D eigenvalue weighted by Crippen LogP contribution is 2.26. The zero-order valence-electron chi connectivity index (χ0n) is 16.5. The van der Waals surface area contributed by atoms with Gasteiger partial charge in [-0.1, -0.05) is 0 Å². The lowest BCUT2D eigenvalue weighted by Crippen LogP contribution is -2.53. The Hall–Kier alpha value is -1.99. The largest absolute Gasteiger partial charge is 0.378 e. The molecule has 0 spiro atoms. The average Bonchev–Trinajstić information content (AvgIpc) is 2.79. The summed E-state index contributed by atoms with van der Waals surface area (Å²) in [6, 6.07) is 4.10. The van der Waals surface area contributed by atoms with Crippen molar-refractivity contribution in [3.05, 3.63) is 30.1 Å². The first-order valence-corrected chi connectivity index (χ1v) is 10.5. The second-order valence-electron chi connectivity index (χ2n) is 8.04. The Bertz CT molecular complexity index is 669. The van der Waals surface area contributed by atoms with Crippen LogP contribution in [0.25, 0.3) is 0 Å². The lowest BCUT2D eigenvalue weighted by molar-refractivity contribution is -0.141. The van der Waals surface area contributed by atoms with Gasteiger partial charge in [-0.2, -0.15) is 0 Å². The summed E-state index contributed by atoms with van der Waals surface area (Å²) in [5.41, 5.74) is 0.662. The van der Waals surface area contributed by atoms with Gasteiger partial charge in [0, 0.05) is 51.2 Å². The third-order valence-corrected chi connectivity index (χ3v) is 6.30. The van der Waals surface area contributed by atoms with Crippen LogP contribution in [-0.2, 0) is 9.53 Å². The molecule has 1 aromatic rings. The van der Waals surface area contributed by atoms with Gasteiger partial charge in [-0.05, 0) is 44.4 Å². The molecular formula is C21H30N4O3. The summed E-state index contributed by atoms with van der Waals surface area (Å²) in [5.74, 6) is 0.490. The van der Waals surface area contributed by atoms with Gasteiger partial charge in [-0.15, -0.1) is 0 Å². The summed E-state index contributed by atoms with van der Waals surface area (Å²) in [4.78, 5) is 35.9. The number of carbonyl (C=O) groups is 2. The molecule has 3 aliphatic rings. The average molecular weight is 386 g/mol. The van der Waals surface area contributed by atoms with Crippen molar-refractivity contribution in [3.63, 3.8) is 0 Å². The number of piperidine rings is 2. The van der Waals surface area contributed by atoms with Crippen LogP contribution >= 0.6 is 0 Å². The zero-order chi connectivity index (χ0) is 19.3. The van der Waals surface area contributed by atoms with E-state index < -0.39 is 0 Å². The molecule has 0 unspecified atom stereocenters. The summed E-state index contributed by atoms with van der Waals surface area (Å²) >= 11 is 0. The molecule has 1 atom stereocenters. The molecule has 0 N–H and O–H groups in total. The van der Waals surface area contributed by atoms with E-state index in [1.54, 1.807) is 18.5 Å².